The van der Waals surface area contributed by atoms with E-state index in [1.807, 2.05) is 36.4 Å². The summed E-state index contributed by atoms with van der Waals surface area (Å²) in [5, 5.41) is 4.09. The Morgan fingerprint density at radius 1 is 1.26 bits per heavy atom. The molecule has 6 nitrogen and oxygen atoms in total. The fraction of sp³-hybridized carbons (Fsp3) is 0.286. The van der Waals surface area contributed by atoms with Crippen LogP contribution in [-0.2, 0) is 6.54 Å². The number of ether oxygens (including phenoxy) is 1. The molecule has 0 radical (unpaired) electrons. The van der Waals surface area contributed by atoms with Crippen LogP contribution in [-0.4, -0.2) is 35.1 Å². The van der Waals surface area contributed by atoms with Crippen LogP contribution in [0.3, 0.4) is 0 Å². The lowest BCUT2D eigenvalue weighted by Gasteiger charge is -2.16. The van der Waals surface area contributed by atoms with E-state index in [2.05, 4.69) is 10.1 Å². The Bertz CT molecular complexity index is 963. The monoisotopic (exact) mass is 363 g/mol. The predicted octanol–water partition coefficient (Wildman–Crippen LogP) is 3.89. The molecule has 6 heteroatoms. The second-order valence-corrected chi connectivity index (χ2v) is 6.79. The zero-order valence-corrected chi connectivity index (χ0v) is 15.4. The Morgan fingerprint density at radius 2 is 2.11 bits per heavy atom. The molecule has 1 aromatic carbocycles. The smallest absolute Gasteiger partial charge is 0.253 e. The number of benzene rings is 1. The van der Waals surface area contributed by atoms with Crippen LogP contribution in [0.25, 0.3) is 11.3 Å². The Balaban J connectivity index is 1.52. The first kappa shape index (κ1) is 17.3. The maximum Gasteiger partial charge on any atom is 0.253 e. The molecule has 0 atom stereocenters. The molecule has 138 valence electrons. The van der Waals surface area contributed by atoms with Crippen LogP contribution in [0.1, 0.15) is 40.6 Å². The van der Waals surface area contributed by atoms with Crippen molar-refractivity contribution in [3.63, 3.8) is 0 Å². The molecule has 0 aliphatic heterocycles. The average molecular weight is 363 g/mol. The molecule has 0 unspecified atom stereocenters. The van der Waals surface area contributed by atoms with Gasteiger partial charge < -0.3 is 14.2 Å². The van der Waals surface area contributed by atoms with E-state index >= 15 is 0 Å². The van der Waals surface area contributed by atoms with Gasteiger partial charge in [-0.15, -0.1) is 0 Å². The molecule has 4 rings (SSSR count). The molecule has 2 heterocycles. The van der Waals surface area contributed by atoms with Crippen molar-refractivity contribution in [2.75, 3.05) is 14.2 Å². The molecule has 0 N–H and O–H groups in total. The topological polar surface area (TPSA) is 68.5 Å². The summed E-state index contributed by atoms with van der Waals surface area (Å²) in [5.41, 5.74) is 2.91. The van der Waals surface area contributed by atoms with Crippen molar-refractivity contribution < 1.29 is 14.1 Å². The van der Waals surface area contributed by atoms with E-state index in [-0.39, 0.29) is 5.91 Å². The molecule has 2 aromatic heterocycles. The van der Waals surface area contributed by atoms with Gasteiger partial charge >= 0.3 is 0 Å². The summed E-state index contributed by atoms with van der Waals surface area (Å²) in [6.07, 6.45) is 4.03. The number of amides is 1. The van der Waals surface area contributed by atoms with Crippen LogP contribution in [0.5, 0.6) is 5.75 Å². The highest BCUT2D eigenvalue weighted by atomic mass is 16.5. The lowest BCUT2D eigenvalue weighted by atomic mass is 10.1. The van der Waals surface area contributed by atoms with Crippen molar-refractivity contribution in [2.24, 2.45) is 0 Å². The summed E-state index contributed by atoms with van der Waals surface area (Å²) in [4.78, 5) is 18.9. The SMILES string of the molecule is COc1cccnc1-c1cccc(C(=O)N(C)Cc2cc(C3CC3)on2)c1. The third-order valence-electron chi connectivity index (χ3n) is 4.68. The Morgan fingerprint density at radius 3 is 2.89 bits per heavy atom. The first-order valence-electron chi connectivity index (χ1n) is 8.96. The van der Waals surface area contributed by atoms with Crippen molar-refractivity contribution in [3.05, 3.63) is 65.7 Å². The molecular formula is C21H21N3O3. The minimum atomic E-state index is -0.0808. The van der Waals surface area contributed by atoms with Gasteiger partial charge in [0.15, 0.2) is 0 Å². The molecular weight excluding hydrogens is 342 g/mol. The highest BCUT2D eigenvalue weighted by Crippen LogP contribution is 2.40. The summed E-state index contributed by atoms with van der Waals surface area (Å²) < 4.78 is 10.7. The van der Waals surface area contributed by atoms with E-state index < -0.39 is 0 Å². The third-order valence-corrected chi connectivity index (χ3v) is 4.68. The first-order chi connectivity index (χ1) is 13.2. The van der Waals surface area contributed by atoms with E-state index in [9.17, 15) is 4.79 Å². The van der Waals surface area contributed by atoms with E-state index in [0.29, 0.717) is 29.5 Å². The number of carbonyl (C=O) groups excluding carboxylic acids is 1. The zero-order chi connectivity index (χ0) is 18.8. The number of pyridine rings is 1. The summed E-state index contributed by atoms with van der Waals surface area (Å²) in [6, 6.07) is 13.0. The number of rotatable bonds is 6. The Hall–Kier alpha value is -3.15. The summed E-state index contributed by atoms with van der Waals surface area (Å²) in [6.45, 7) is 0.409. The summed E-state index contributed by atoms with van der Waals surface area (Å²) in [7, 11) is 3.37. The number of hydrogen-bond acceptors (Lipinski definition) is 5. The fourth-order valence-electron chi connectivity index (χ4n) is 3.07. The molecule has 3 aromatic rings. The van der Waals surface area contributed by atoms with Gasteiger partial charge in [-0.1, -0.05) is 17.3 Å². The van der Waals surface area contributed by atoms with Crippen LogP contribution < -0.4 is 4.74 Å². The van der Waals surface area contributed by atoms with Crippen molar-refractivity contribution in [1.29, 1.82) is 0 Å². The second kappa shape index (κ2) is 7.23. The molecule has 1 fully saturated rings. The van der Waals surface area contributed by atoms with Crippen molar-refractivity contribution >= 4 is 5.91 Å². The number of nitrogens with zero attached hydrogens (tertiary/aromatic N) is 3. The molecule has 27 heavy (non-hydrogen) atoms. The van der Waals surface area contributed by atoms with Crippen molar-refractivity contribution in [3.8, 4) is 17.0 Å². The maximum absolute atomic E-state index is 12.9. The zero-order valence-electron chi connectivity index (χ0n) is 15.4. The fourth-order valence-corrected chi connectivity index (χ4v) is 3.07. The van der Waals surface area contributed by atoms with Crippen molar-refractivity contribution in [1.82, 2.24) is 15.0 Å². The minimum Gasteiger partial charge on any atom is -0.494 e. The van der Waals surface area contributed by atoms with Gasteiger partial charge in [0.2, 0.25) is 0 Å². The van der Waals surface area contributed by atoms with E-state index in [1.54, 1.807) is 31.3 Å². The van der Waals surface area contributed by atoms with Crippen LogP contribution in [0.2, 0.25) is 0 Å². The Kier molecular flexibility index (Phi) is 4.62. The standard InChI is InChI=1S/C21H21N3O3/c1-24(13-17-12-19(27-23-17)14-8-9-14)21(25)16-6-3-5-15(11-16)20-18(26-2)7-4-10-22-20/h3-7,10-12,14H,8-9,13H2,1-2H3. The maximum atomic E-state index is 12.9. The van der Waals surface area contributed by atoms with Gasteiger partial charge in [0.25, 0.3) is 5.91 Å². The third kappa shape index (κ3) is 3.69. The van der Waals surface area contributed by atoms with Gasteiger partial charge in [-0.25, -0.2) is 0 Å². The normalized spacial score (nSPS) is 13.4. The molecule has 0 saturated heterocycles. The number of aromatic nitrogens is 2. The lowest BCUT2D eigenvalue weighted by molar-refractivity contribution is 0.0782. The Labute approximate surface area is 157 Å². The van der Waals surface area contributed by atoms with Gasteiger partial charge in [0, 0.05) is 36.4 Å². The van der Waals surface area contributed by atoms with Gasteiger partial charge in [-0.05, 0) is 37.1 Å². The first-order valence-corrected chi connectivity index (χ1v) is 8.96. The number of hydrogen-bond donors (Lipinski definition) is 0. The molecule has 0 bridgehead atoms. The summed E-state index contributed by atoms with van der Waals surface area (Å²) in [5.74, 6) is 2.03. The molecule has 1 amide bonds. The quantitative estimate of drug-likeness (QED) is 0.664. The van der Waals surface area contributed by atoms with E-state index in [1.165, 1.54) is 0 Å². The van der Waals surface area contributed by atoms with Gasteiger partial charge in [0.05, 0.1) is 13.7 Å². The predicted molar refractivity (Wildman–Crippen MR) is 101 cm³/mol. The largest absolute Gasteiger partial charge is 0.494 e. The van der Waals surface area contributed by atoms with Gasteiger partial charge in [-0.3, -0.25) is 9.78 Å². The van der Waals surface area contributed by atoms with Crippen LogP contribution in [0, 0.1) is 0 Å². The minimum absolute atomic E-state index is 0.0808. The number of carbonyl (C=O) groups is 1. The highest BCUT2D eigenvalue weighted by Gasteiger charge is 2.28. The van der Waals surface area contributed by atoms with Crippen LogP contribution in [0.15, 0.2) is 53.2 Å². The van der Waals surface area contributed by atoms with E-state index in [0.717, 1.165) is 29.9 Å². The van der Waals surface area contributed by atoms with E-state index in [4.69, 9.17) is 9.26 Å². The highest BCUT2D eigenvalue weighted by molar-refractivity contribution is 5.95. The lowest BCUT2D eigenvalue weighted by Crippen LogP contribution is -2.26. The second-order valence-electron chi connectivity index (χ2n) is 6.79. The molecule has 0 spiro atoms. The van der Waals surface area contributed by atoms with Crippen molar-refractivity contribution in [2.45, 2.75) is 25.3 Å². The average Bonchev–Trinajstić information content (AvgIpc) is 3.46. The van der Waals surface area contributed by atoms with Gasteiger partial charge in [0.1, 0.15) is 22.9 Å². The van der Waals surface area contributed by atoms with Crippen LogP contribution >= 0.6 is 0 Å². The number of methoxy groups -OCH3 is 1. The van der Waals surface area contributed by atoms with Gasteiger partial charge in [-0.2, -0.15) is 0 Å². The molecule has 1 saturated carbocycles. The molecule has 1 aliphatic carbocycles. The van der Waals surface area contributed by atoms with Crippen LogP contribution in [0.4, 0.5) is 0 Å². The summed E-state index contributed by atoms with van der Waals surface area (Å²) >= 11 is 0. The molecule has 1 aliphatic rings.